The lowest BCUT2D eigenvalue weighted by atomic mass is 10.5. The van der Waals surface area contributed by atoms with Crippen LogP contribution in [0.25, 0.3) is 0 Å². The van der Waals surface area contributed by atoms with E-state index in [4.69, 9.17) is 10.8 Å². The molecule has 3 rings (SSSR count). The highest BCUT2D eigenvalue weighted by Gasteiger charge is 2.35. The molecule has 0 aromatic rings. The van der Waals surface area contributed by atoms with Crippen molar-refractivity contribution in [3.8, 4) is 0 Å². The quantitative estimate of drug-likeness (QED) is 0.402. The molecule has 0 radical (unpaired) electrons. The molecular formula is C8H8N10. The third kappa shape index (κ3) is 1.47. The van der Waals surface area contributed by atoms with Crippen molar-refractivity contribution in [2.75, 3.05) is 0 Å². The van der Waals surface area contributed by atoms with Gasteiger partial charge >= 0.3 is 0 Å². The van der Waals surface area contributed by atoms with Crippen LogP contribution in [-0.4, -0.2) is 46.9 Å². The van der Waals surface area contributed by atoms with E-state index in [-0.39, 0.29) is 29.8 Å². The maximum absolute atomic E-state index is 7.53. The molecule has 18 heavy (non-hydrogen) atoms. The molecule has 3 aliphatic heterocycles. The van der Waals surface area contributed by atoms with Crippen LogP contribution in [0.15, 0.2) is 25.0 Å². The van der Waals surface area contributed by atoms with Crippen molar-refractivity contribution in [3.05, 3.63) is 0 Å². The normalized spacial score (nSPS) is 21.5. The van der Waals surface area contributed by atoms with E-state index >= 15 is 0 Å². The van der Waals surface area contributed by atoms with Gasteiger partial charge in [0.25, 0.3) is 5.96 Å². The highest BCUT2D eigenvalue weighted by atomic mass is 15.5. The van der Waals surface area contributed by atoms with Gasteiger partial charge in [0, 0.05) is 6.21 Å². The Morgan fingerprint density at radius 1 is 1.06 bits per heavy atom. The maximum Gasteiger partial charge on any atom is 0.255 e. The standard InChI is InChI=1S/C8H8N10/c1-2-11-5-16-7-14-3(9)12-6-13-4(10)15-8(17-5)18(6)7/h2H,1H3,(H4,9,10,12,13,14,15,16,17)/b11-2-. The molecule has 3 heterocycles. The highest BCUT2D eigenvalue weighted by molar-refractivity contribution is 6.31. The van der Waals surface area contributed by atoms with Crippen molar-refractivity contribution < 1.29 is 0 Å². The zero-order valence-corrected chi connectivity index (χ0v) is 9.26. The fourth-order valence-electron chi connectivity index (χ4n) is 1.54. The second-order valence-electron chi connectivity index (χ2n) is 3.36. The van der Waals surface area contributed by atoms with Crippen LogP contribution >= 0.6 is 0 Å². The molecule has 10 heteroatoms. The van der Waals surface area contributed by atoms with Gasteiger partial charge in [-0.15, -0.1) is 0 Å². The summed E-state index contributed by atoms with van der Waals surface area (Å²) in [4.78, 5) is 21.5. The van der Waals surface area contributed by atoms with Crippen LogP contribution in [-0.2, 0) is 0 Å². The Hall–Kier alpha value is -2.91. The van der Waals surface area contributed by atoms with E-state index in [1.54, 1.807) is 13.1 Å². The van der Waals surface area contributed by atoms with Gasteiger partial charge in [-0.2, -0.15) is 20.0 Å². The Bertz CT molecular complexity index is 603. The summed E-state index contributed by atoms with van der Waals surface area (Å²) in [6.07, 6.45) is 1.55. The average Bonchev–Trinajstić information content (AvgIpc) is 2.27. The first-order chi connectivity index (χ1) is 8.67. The van der Waals surface area contributed by atoms with Gasteiger partial charge in [-0.05, 0) is 6.92 Å². The molecule has 10 nitrogen and oxygen atoms in total. The largest absolute Gasteiger partial charge is 0.294 e. The lowest BCUT2D eigenvalue weighted by Gasteiger charge is -2.33. The predicted molar refractivity (Wildman–Crippen MR) is 67.5 cm³/mol. The molecule has 0 fully saturated rings. The summed E-state index contributed by atoms with van der Waals surface area (Å²) in [5.74, 6) is 0.875. The summed E-state index contributed by atoms with van der Waals surface area (Å²) >= 11 is 0. The number of aliphatic imine (C=N–C) groups is 5. The monoisotopic (exact) mass is 244 g/mol. The van der Waals surface area contributed by atoms with Crippen LogP contribution in [0, 0.1) is 10.8 Å². The molecule has 0 atom stereocenters. The second-order valence-corrected chi connectivity index (χ2v) is 3.36. The number of hydrogen-bond donors (Lipinski definition) is 4. The van der Waals surface area contributed by atoms with Crippen molar-refractivity contribution in [2.45, 2.75) is 6.92 Å². The summed E-state index contributed by atoms with van der Waals surface area (Å²) in [6, 6.07) is 0. The third-order valence-electron chi connectivity index (χ3n) is 2.16. The fourth-order valence-corrected chi connectivity index (χ4v) is 1.54. The molecule has 0 aliphatic carbocycles. The lowest BCUT2D eigenvalue weighted by Crippen LogP contribution is -2.62. The van der Waals surface area contributed by atoms with Crippen LogP contribution in [0.3, 0.4) is 0 Å². The first-order valence-corrected chi connectivity index (χ1v) is 5.02. The Morgan fingerprint density at radius 3 is 2.44 bits per heavy atom. The number of hydrogen-bond acceptors (Lipinski definition) is 6. The minimum atomic E-state index is -0.0977. The van der Waals surface area contributed by atoms with Gasteiger partial charge in [-0.3, -0.25) is 21.5 Å². The van der Waals surface area contributed by atoms with Gasteiger partial charge < -0.3 is 0 Å². The van der Waals surface area contributed by atoms with E-state index in [9.17, 15) is 0 Å². The number of rotatable bonds is 0. The van der Waals surface area contributed by atoms with Gasteiger partial charge in [-0.1, -0.05) is 0 Å². The molecule has 0 unspecified atom stereocenters. The molecule has 0 spiro atoms. The van der Waals surface area contributed by atoms with E-state index in [1.165, 1.54) is 4.90 Å². The van der Waals surface area contributed by atoms with Gasteiger partial charge in [-0.25, -0.2) is 9.89 Å². The van der Waals surface area contributed by atoms with Crippen LogP contribution in [0.1, 0.15) is 6.92 Å². The van der Waals surface area contributed by atoms with Crippen LogP contribution in [0.5, 0.6) is 0 Å². The first-order valence-electron chi connectivity index (χ1n) is 5.02. The minimum Gasteiger partial charge on any atom is -0.294 e. The predicted octanol–water partition coefficient (Wildman–Crippen LogP) is -1.11. The molecule has 0 bridgehead atoms. The highest BCUT2D eigenvalue weighted by Crippen LogP contribution is 2.11. The van der Waals surface area contributed by atoms with Crippen LogP contribution in [0.4, 0.5) is 0 Å². The topological polar surface area (TPSA) is 137 Å². The van der Waals surface area contributed by atoms with Crippen molar-refractivity contribution >= 4 is 42.0 Å². The molecule has 0 amide bonds. The van der Waals surface area contributed by atoms with Crippen molar-refractivity contribution in [1.29, 1.82) is 10.8 Å². The van der Waals surface area contributed by atoms with Crippen LogP contribution in [0.2, 0.25) is 0 Å². The Kier molecular flexibility index (Phi) is 2.02. The van der Waals surface area contributed by atoms with E-state index in [0.717, 1.165) is 0 Å². The zero-order chi connectivity index (χ0) is 12.7. The second kappa shape index (κ2) is 3.55. The zero-order valence-electron chi connectivity index (χ0n) is 9.26. The molecule has 3 aliphatic rings. The van der Waals surface area contributed by atoms with Gasteiger partial charge in [0.1, 0.15) is 0 Å². The van der Waals surface area contributed by atoms with E-state index < -0.39 is 0 Å². The molecule has 0 aromatic carbocycles. The number of guanidine groups is 6. The smallest absolute Gasteiger partial charge is 0.255 e. The van der Waals surface area contributed by atoms with Gasteiger partial charge in [0.05, 0.1) is 0 Å². The van der Waals surface area contributed by atoms with Gasteiger partial charge in [0.2, 0.25) is 29.8 Å². The summed E-state index contributed by atoms with van der Waals surface area (Å²) in [7, 11) is 0. The SMILES string of the molecule is C/C=N\C1=NC2=NC(=N)NC3=NC(=N)NC(=N1)N23. The molecule has 0 saturated heterocycles. The average molecular weight is 244 g/mol. The van der Waals surface area contributed by atoms with E-state index in [0.29, 0.717) is 5.96 Å². The number of nitrogens with one attached hydrogen (secondary N) is 4. The van der Waals surface area contributed by atoms with Crippen molar-refractivity contribution in [1.82, 2.24) is 15.5 Å². The first kappa shape index (κ1) is 10.3. The Labute approximate surface area is 101 Å². The summed E-state index contributed by atoms with van der Waals surface area (Å²) in [5.41, 5.74) is 0. The summed E-state index contributed by atoms with van der Waals surface area (Å²) < 4.78 is 0. The Balaban J connectivity index is 2.16. The van der Waals surface area contributed by atoms with Crippen molar-refractivity contribution in [3.63, 3.8) is 0 Å². The fraction of sp³-hybridized carbons (Fsp3) is 0.125. The van der Waals surface area contributed by atoms with E-state index in [2.05, 4.69) is 35.6 Å². The molecule has 90 valence electrons. The maximum atomic E-state index is 7.53. The number of nitrogens with zero attached hydrogens (tertiary/aromatic N) is 6. The molecule has 0 saturated carbocycles. The Morgan fingerprint density at radius 2 is 1.72 bits per heavy atom. The summed E-state index contributed by atoms with van der Waals surface area (Å²) in [6.45, 7) is 1.74. The third-order valence-corrected chi connectivity index (χ3v) is 2.16. The molecule has 4 N–H and O–H groups in total. The van der Waals surface area contributed by atoms with Crippen molar-refractivity contribution in [2.24, 2.45) is 25.0 Å². The molecular weight excluding hydrogens is 236 g/mol. The summed E-state index contributed by atoms with van der Waals surface area (Å²) in [5, 5.41) is 20.4. The van der Waals surface area contributed by atoms with Gasteiger partial charge in [0.15, 0.2) is 0 Å². The lowest BCUT2D eigenvalue weighted by molar-refractivity contribution is 0.772. The minimum absolute atomic E-state index is 0.0803. The van der Waals surface area contributed by atoms with Crippen LogP contribution < -0.4 is 10.6 Å². The molecule has 0 aromatic heterocycles. The van der Waals surface area contributed by atoms with E-state index in [1.807, 2.05) is 0 Å².